The summed E-state index contributed by atoms with van der Waals surface area (Å²) in [5.41, 5.74) is 4.08. The van der Waals surface area contributed by atoms with Crippen LogP contribution < -0.4 is 14.8 Å². The van der Waals surface area contributed by atoms with Crippen LogP contribution in [0.5, 0.6) is 17.2 Å². The third-order valence-electron chi connectivity index (χ3n) is 4.96. The van der Waals surface area contributed by atoms with Crippen molar-refractivity contribution in [2.24, 2.45) is 4.99 Å². The van der Waals surface area contributed by atoms with Crippen molar-refractivity contribution in [3.63, 3.8) is 0 Å². The van der Waals surface area contributed by atoms with Gasteiger partial charge in [-0.1, -0.05) is 35.9 Å². The van der Waals surface area contributed by atoms with Crippen LogP contribution in [0.4, 0.5) is 11.4 Å². The Morgan fingerprint density at radius 3 is 2.52 bits per heavy atom. The Kier molecular flexibility index (Phi) is 5.32. The zero-order valence-corrected chi connectivity index (χ0v) is 16.9. The van der Waals surface area contributed by atoms with E-state index in [2.05, 4.69) is 5.32 Å². The molecule has 1 aliphatic heterocycles. The first-order valence-corrected chi connectivity index (χ1v) is 9.61. The Labute approximate surface area is 174 Å². The van der Waals surface area contributed by atoms with Crippen LogP contribution in [-0.4, -0.2) is 25.0 Å². The summed E-state index contributed by atoms with van der Waals surface area (Å²) in [7, 11) is 3.12. The number of benzene rings is 3. The molecule has 2 N–H and O–H groups in total. The molecule has 6 heteroatoms. The van der Waals surface area contributed by atoms with E-state index >= 15 is 0 Å². The van der Waals surface area contributed by atoms with E-state index in [0.717, 1.165) is 22.6 Å². The highest BCUT2D eigenvalue weighted by molar-refractivity contribution is 6.30. The molecule has 4 rings (SSSR count). The number of anilines is 1. The molecule has 1 heterocycles. The zero-order valence-electron chi connectivity index (χ0n) is 16.1. The Hall–Kier alpha value is -3.18. The molecule has 0 aromatic heterocycles. The molecule has 0 aliphatic carbocycles. The maximum absolute atomic E-state index is 10.7. The first kappa shape index (κ1) is 19.2. The molecular formula is C23H21ClN2O3. The van der Waals surface area contributed by atoms with Gasteiger partial charge in [0.2, 0.25) is 0 Å². The topological polar surface area (TPSA) is 63.1 Å². The number of nitrogens with one attached hydrogen (secondary N) is 1. The highest BCUT2D eigenvalue weighted by Gasteiger charge is 2.25. The van der Waals surface area contributed by atoms with Gasteiger partial charge in [-0.3, -0.25) is 4.99 Å². The highest BCUT2D eigenvalue weighted by Crippen LogP contribution is 2.40. The number of hydrogen-bond acceptors (Lipinski definition) is 5. The second kappa shape index (κ2) is 8.05. The van der Waals surface area contributed by atoms with E-state index in [-0.39, 0.29) is 11.8 Å². The third-order valence-corrected chi connectivity index (χ3v) is 5.21. The maximum atomic E-state index is 10.7. The first-order valence-electron chi connectivity index (χ1n) is 9.23. The summed E-state index contributed by atoms with van der Waals surface area (Å²) < 4.78 is 10.8. The molecule has 0 amide bonds. The SMILES string of the molecule is COc1cc(O)c(C2=Nc3ccccc3NC(c3ccc(Cl)cc3)C2)c(OC)c1. The number of phenolic OH excluding ortho intramolecular Hbond substituents is 1. The van der Waals surface area contributed by atoms with E-state index in [4.69, 9.17) is 26.1 Å². The van der Waals surface area contributed by atoms with Crippen molar-refractivity contribution >= 4 is 28.7 Å². The summed E-state index contributed by atoms with van der Waals surface area (Å²) >= 11 is 6.07. The lowest BCUT2D eigenvalue weighted by molar-refractivity contribution is 0.384. The average molecular weight is 409 g/mol. The standard InChI is InChI=1S/C23H21ClN2O3/c1-28-16-11-21(27)23(22(12-16)29-2)20-13-19(14-7-9-15(24)10-8-14)25-17-5-3-4-6-18(17)26-20/h3-12,19,25,27H,13H2,1-2H3. The number of rotatable bonds is 4. The summed E-state index contributed by atoms with van der Waals surface area (Å²) in [5.74, 6) is 1.09. The summed E-state index contributed by atoms with van der Waals surface area (Å²) in [4.78, 5) is 4.87. The number of hydrogen-bond donors (Lipinski definition) is 2. The molecule has 3 aromatic carbocycles. The minimum Gasteiger partial charge on any atom is -0.507 e. The number of nitrogens with zero attached hydrogens (tertiary/aromatic N) is 1. The molecule has 1 aliphatic rings. The predicted octanol–water partition coefficient (Wildman–Crippen LogP) is 5.74. The monoisotopic (exact) mass is 408 g/mol. The van der Waals surface area contributed by atoms with Crippen LogP contribution in [0.1, 0.15) is 23.6 Å². The Morgan fingerprint density at radius 1 is 1.03 bits per heavy atom. The lowest BCUT2D eigenvalue weighted by atomic mass is 9.96. The van der Waals surface area contributed by atoms with E-state index in [9.17, 15) is 5.11 Å². The van der Waals surface area contributed by atoms with Crippen LogP contribution in [0, 0.1) is 0 Å². The van der Waals surface area contributed by atoms with Gasteiger partial charge in [0.15, 0.2) is 0 Å². The summed E-state index contributed by atoms with van der Waals surface area (Å²) in [6.07, 6.45) is 0.548. The first-order chi connectivity index (χ1) is 14.1. The van der Waals surface area contributed by atoms with Gasteiger partial charge in [0.05, 0.1) is 42.9 Å². The van der Waals surface area contributed by atoms with Crippen molar-refractivity contribution in [1.29, 1.82) is 0 Å². The van der Waals surface area contributed by atoms with Crippen molar-refractivity contribution in [3.05, 3.63) is 76.8 Å². The predicted molar refractivity (Wildman–Crippen MR) is 116 cm³/mol. The minimum absolute atomic E-state index is 0.0547. The number of aromatic hydroxyl groups is 1. The van der Waals surface area contributed by atoms with Crippen molar-refractivity contribution in [3.8, 4) is 17.2 Å². The van der Waals surface area contributed by atoms with Crippen LogP contribution in [0.15, 0.2) is 65.7 Å². The largest absolute Gasteiger partial charge is 0.507 e. The molecule has 5 nitrogen and oxygen atoms in total. The molecule has 3 aromatic rings. The fourth-order valence-corrected chi connectivity index (χ4v) is 3.64. The normalized spacial score (nSPS) is 15.6. The van der Waals surface area contributed by atoms with E-state index in [1.54, 1.807) is 26.4 Å². The maximum Gasteiger partial charge on any atom is 0.135 e. The molecule has 148 valence electrons. The third kappa shape index (κ3) is 3.87. The van der Waals surface area contributed by atoms with Crippen LogP contribution in [-0.2, 0) is 0 Å². The molecule has 0 radical (unpaired) electrons. The van der Waals surface area contributed by atoms with Gasteiger partial charge >= 0.3 is 0 Å². The summed E-state index contributed by atoms with van der Waals surface area (Å²) in [6, 6.07) is 18.9. The van der Waals surface area contributed by atoms with Crippen molar-refractivity contribution in [1.82, 2.24) is 0 Å². The number of aliphatic imine (C=N–C) groups is 1. The second-order valence-electron chi connectivity index (χ2n) is 6.75. The lowest BCUT2D eigenvalue weighted by Crippen LogP contribution is -2.15. The van der Waals surface area contributed by atoms with Crippen LogP contribution >= 0.6 is 11.6 Å². The minimum atomic E-state index is -0.0547. The van der Waals surface area contributed by atoms with Gasteiger partial charge in [-0.15, -0.1) is 0 Å². The molecule has 1 unspecified atom stereocenters. The Bertz CT molecular complexity index is 1060. The van der Waals surface area contributed by atoms with Crippen molar-refractivity contribution in [2.75, 3.05) is 19.5 Å². The van der Waals surface area contributed by atoms with Gasteiger partial charge in [0, 0.05) is 23.6 Å². The molecule has 29 heavy (non-hydrogen) atoms. The fraction of sp³-hybridized carbons (Fsp3) is 0.174. The lowest BCUT2D eigenvalue weighted by Gasteiger charge is -2.20. The average Bonchev–Trinajstić information content (AvgIpc) is 2.93. The number of halogens is 1. The second-order valence-corrected chi connectivity index (χ2v) is 7.19. The van der Waals surface area contributed by atoms with Gasteiger partial charge in [0.1, 0.15) is 17.2 Å². The van der Waals surface area contributed by atoms with Crippen molar-refractivity contribution in [2.45, 2.75) is 12.5 Å². The highest BCUT2D eigenvalue weighted by atomic mass is 35.5. The molecular weight excluding hydrogens is 388 g/mol. The van der Waals surface area contributed by atoms with E-state index in [1.165, 1.54) is 0 Å². The van der Waals surface area contributed by atoms with Crippen LogP contribution in [0.25, 0.3) is 0 Å². The van der Waals surface area contributed by atoms with E-state index in [1.807, 2.05) is 48.5 Å². The van der Waals surface area contributed by atoms with Crippen molar-refractivity contribution < 1.29 is 14.6 Å². The Balaban J connectivity index is 1.86. The zero-order chi connectivity index (χ0) is 20.4. The quantitative estimate of drug-likeness (QED) is 0.577. The van der Waals surface area contributed by atoms with Crippen LogP contribution in [0.2, 0.25) is 5.02 Å². The van der Waals surface area contributed by atoms with E-state index in [0.29, 0.717) is 28.5 Å². The van der Waals surface area contributed by atoms with Crippen LogP contribution in [0.3, 0.4) is 0 Å². The van der Waals surface area contributed by atoms with Gasteiger partial charge < -0.3 is 19.9 Å². The van der Waals surface area contributed by atoms with Gasteiger partial charge in [-0.2, -0.15) is 0 Å². The molecule has 1 atom stereocenters. The number of methoxy groups -OCH3 is 2. The molecule has 0 bridgehead atoms. The van der Waals surface area contributed by atoms with Gasteiger partial charge in [0.25, 0.3) is 0 Å². The number of fused-ring (bicyclic) bond motifs is 1. The molecule has 0 spiro atoms. The molecule has 0 saturated carbocycles. The van der Waals surface area contributed by atoms with E-state index < -0.39 is 0 Å². The number of phenols is 1. The van der Waals surface area contributed by atoms with Gasteiger partial charge in [-0.25, -0.2) is 0 Å². The number of para-hydroxylation sites is 2. The summed E-state index contributed by atoms with van der Waals surface area (Å²) in [6.45, 7) is 0. The number of ether oxygens (including phenoxy) is 2. The van der Waals surface area contributed by atoms with Gasteiger partial charge in [-0.05, 0) is 29.8 Å². The Morgan fingerprint density at radius 2 is 1.79 bits per heavy atom. The fourth-order valence-electron chi connectivity index (χ4n) is 3.52. The molecule has 0 fully saturated rings. The summed E-state index contributed by atoms with van der Waals surface area (Å²) in [5, 5.41) is 15.0. The smallest absolute Gasteiger partial charge is 0.135 e. The molecule has 0 saturated heterocycles.